The largest absolute Gasteiger partial charge is 0.444 e. The Morgan fingerprint density at radius 1 is 0.850 bits per heavy atom. The molecule has 3 heteroatoms. The molecule has 0 atom stereocenters. The van der Waals surface area contributed by atoms with Crippen LogP contribution in [0.1, 0.15) is 11.3 Å². The van der Waals surface area contributed by atoms with Crippen molar-refractivity contribution >= 4 is 11.8 Å². The second-order valence-corrected chi connectivity index (χ2v) is 5.47. The van der Waals surface area contributed by atoms with Crippen molar-refractivity contribution < 1.29 is 4.42 Å². The van der Waals surface area contributed by atoms with Crippen LogP contribution in [0, 0.1) is 0 Å². The van der Waals surface area contributed by atoms with Gasteiger partial charge >= 0.3 is 0 Å². The number of thioether (sulfide) groups is 1. The predicted molar refractivity (Wildman–Crippen MR) is 83.4 cm³/mol. The summed E-state index contributed by atoms with van der Waals surface area (Å²) < 4.78 is 5.53. The third-order valence-electron chi connectivity index (χ3n) is 2.93. The smallest absolute Gasteiger partial charge is 0.226 e. The molecule has 0 unspecified atom stereocenters. The third-order valence-corrected chi connectivity index (χ3v) is 3.97. The summed E-state index contributed by atoms with van der Waals surface area (Å²) in [6, 6.07) is 20.4. The Labute approximate surface area is 122 Å². The van der Waals surface area contributed by atoms with Crippen LogP contribution in [0.15, 0.2) is 71.3 Å². The summed E-state index contributed by atoms with van der Waals surface area (Å²) in [6.45, 7) is 0. The van der Waals surface area contributed by atoms with Gasteiger partial charge in [-0.05, 0) is 17.7 Å². The molecule has 0 N–H and O–H groups in total. The summed E-state index contributed by atoms with van der Waals surface area (Å²) in [4.78, 5) is 4.52. The van der Waals surface area contributed by atoms with Crippen LogP contribution in [0.25, 0.3) is 11.5 Å². The van der Waals surface area contributed by atoms with Crippen LogP contribution in [0.4, 0.5) is 0 Å². The van der Waals surface area contributed by atoms with E-state index in [0.29, 0.717) is 5.89 Å². The molecule has 0 saturated heterocycles. The van der Waals surface area contributed by atoms with Gasteiger partial charge in [-0.1, -0.05) is 48.5 Å². The van der Waals surface area contributed by atoms with E-state index in [1.54, 1.807) is 6.26 Å². The molecular formula is C17H15NOS. The molecule has 0 fully saturated rings. The highest BCUT2D eigenvalue weighted by Gasteiger charge is 2.06. The Hall–Kier alpha value is -2.00. The van der Waals surface area contributed by atoms with E-state index in [4.69, 9.17) is 4.42 Å². The molecule has 2 aromatic carbocycles. The van der Waals surface area contributed by atoms with Gasteiger partial charge in [0.05, 0.1) is 5.69 Å². The third kappa shape index (κ3) is 3.31. The highest BCUT2D eigenvalue weighted by molar-refractivity contribution is 7.97. The number of rotatable bonds is 5. The van der Waals surface area contributed by atoms with Gasteiger partial charge < -0.3 is 4.42 Å². The molecule has 100 valence electrons. The fraction of sp³-hybridized carbons (Fsp3) is 0.118. The molecular weight excluding hydrogens is 266 g/mol. The molecule has 3 aromatic rings. The van der Waals surface area contributed by atoms with Crippen LogP contribution < -0.4 is 0 Å². The fourth-order valence-corrected chi connectivity index (χ4v) is 2.81. The molecule has 20 heavy (non-hydrogen) atoms. The Kier molecular flexibility index (Phi) is 4.19. The van der Waals surface area contributed by atoms with Gasteiger partial charge in [0.1, 0.15) is 6.26 Å². The lowest BCUT2D eigenvalue weighted by molar-refractivity contribution is 0.573. The van der Waals surface area contributed by atoms with Crippen molar-refractivity contribution in [3.8, 4) is 11.5 Å². The van der Waals surface area contributed by atoms with E-state index in [0.717, 1.165) is 22.8 Å². The van der Waals surface area contributed by atoms with Crippen LogP contribution in [-0.4, -0.2) is 4.98 Å². The second kappa shape index (κ2) is 6.44. The minimum atomic E-state index is 0.695. The van der Waals surface area contributed by atoms with Crippen molar-refractivity contribution in [1.82, 2.24) is 4.98 Å². The summed E-state index contributed by atoms with van der Waals surface area (Å²) in [7, 11) is 0. The van der Waals surface area contributed by atoms with Crippen molar-refractivity contribution in [2.75, 3.05) is 0 Å². The average molecular weight is 281 g/mol. The normalized spacial score (nSPS) is 10.6. The zero-order valence-corrected chi connectivity index (χ0v) is 11.8. The van der Waals surface area contributed by atoms with Crippen molar-refractivity contribution in [2.24, 2.45) is 0 Å². The van der Waals surface area contributed by atoms with Crippen molar-refractivity contribution in [2.45, 2.75) is 11.5 Å². The minimum absolute atomic E-state index is 0.695. The molecule has 0 radical (unpaired) electrons. The first kappa shape index (κ1) is 13.0. The molecule has 1 heterocycles. The second-order valence-electron chi connectivity index (χ2n) is 4.49. The maximum atomic E-state index is 5.53. The first-order valence-electron chi connectivity index (χ1n) is 6.53. The number of oxazole rings is 1. The monoisotopic (exact) mass is 281 g/mol. The van der Waals surface area contributed by atoms with E-state index >= 15 is 0 Å². The number of aromatic nitrogens is 1. The van der Waals surface area contributed by atoms with Crippen molar-refractivity contribution in [1.29, 1.82) is 0 Å². The van der Waals surface area contributed by atoms with Crippen LogP contribution in [0.3, 0.4) is 0 Å². The fourth-order valence-electron chi connectivity index (χ4n) is 1.93. The Morgan fingerprint density at radius 2 is 1.55 bits per heavy atom. The maximum Gasteiger partial charge on any atom is 0.226 e. The molecule has 0 aliphatic rings. The van der Waals surface area contributed by atoms with Gasteiger partial charge in [0.2, 0.25) is 5.89 Å². The van der Waals surface area contributed by atoms with E-state index in [9.17, 15) is 0 Å². The van der Waals surface area contributed by atoms with Gasteiger partial charge in [-0.25, -0.2) is 4.98 Å². The summed E-state index contributed by atoms with van der Waals surface area (Å²) in [5, 5.41) is 0. The molecule has 0 bridgehead atoms. The predicted octanol–water partition coefficient (Wildman–Crippen LogP) is 4.78. The summed E-state index contributed by atoms with van der Waals surface area (Å²) in [5.74, 6) is 2.56. The zero-order chi connectivity index (χ0) is 13.6. The lowest BCUT2D eigenvalue weighted by Gasteiger charge is -1.99. The Balaban J connectivity index is 1.58. The van der Waals surface area contributed by atoms with Gasteiger partial charge in [-0.15, -0.1) is 0 Å². The van der Waals surface area contributed by atoms with Gasteiger partial charge in [-0.3, -0.25) is 0 Å². The van der Waals surface area contributed by atoms with Crippen LogP contribution in [0.2, 0.25) is 0 Å². The number of hydrogen-bond acceptors (Lipinski definition) is 3. The van der Waals surface area contributed by atoms with Gasteiger partial charge in [0.25, 0.3) is 0 Å². The van der Waals surface area contributed by atoms with Crippen LogP contribution in [-0.2, 0) is 11.5 Å². The summed E-state index contributed by atoms with van der Waals surface area (Å²) in [6.07, 6.45) is 1.75. The van der Waals surface area contributed by atoms with Crippen LogP contribution in [0.5, 0.6) is 0 Å². The molecule has 0 saturated carbocycles. The minimum Gasteiger partial charge on any atom is -0.444 e. The average Bonchev–Trinajstić information content (AvgIpc) is 2.98. The lowest BCUT2D eigenvalue weighted by Crippen LogP contribution is -1.84. The summed E-state index contributed by atoms with van der Waals surface area (Å²) >= 11 is 1.85. The standard InChI is InChI=1S/C17H15NOS/c1-3-7-14(8-4-1)12-20-13-16-11-19-17(18-16)15-9-5-2-6-10-15/h1-11H,12-13H2. The first-order chi connectivity index (χ1) is 9.92. The van der Waals surface area contributed by atoms with Gasteiger partial charge in [0, 0.05) is 17.1 Å². The SMILES string of the molecule is c1ccc(CSCc2coc(-c3ccccc3)n2)cc1. The molecule has 0 aliphatic heterocycles. The Bertz CT molecular complexity index is 649. The topological polar surface area (TPSA) is 26.0 Å². The highest BCUT2D eigenvalue weighted by Crippen LogP contribution is 2.22. The molecule has 1 aromatic heterocycles. The zero-order valence-electron chi connectivity index (χ0n) is 11.0. The molecule has 3 rings (SSSR count). The maximum absolute atomic E-state index is 5.53. The van der Waals surface area contributed by atoms with Crippen molar-refractivity contribution in [3.63, 3.8) is 0 Å². The number of hydrogen-bond donors (Lipinski definition) is 0. The Morgan fingerprint density at radius 3 is 2.30 bits per heavy atom. The van der Waals surface area contributed by atoms with E-state index in [1.165, 1.54) is 5.56 Å². The van der Waals surface area contributed by atoms with Crippen LogP contribution >= 0.6 is 11.8 Å². The quantitative estimate of drug-likeness (QED) is 0.673. The van der Waals surface area contributed by atoms with E-state index in [-0.39, 0.29) is 0 Å². The van der Waals surface area contributed by atoms with E-state index < -0.39 is 0 Å². The highest BCUT2D eigenvalue weighted by atomic mass is 32.2. The van der Waals surface area contributed by atoms with Crippen molar-refractivity contribution in [3.05, 3.63) is 78.2 Å². The van der Waals surface area contributed by atoms with E-state index in [2.05, 4.69) is 29.2 Å². The number of nitrogens with zero attached hydrogens (tertiary/aromatic N) is 1. The molecule has 0 amide bonds. The van der Waals surface area contributed by atoms with Gasteiger partial charge in [-0.2, -0.15) is 11.8 Å². The molecule has 0 aliphatic carbocycles. The first-order valence-corrected chi connectivity index (χ1v) is 7.69. The van der Waals surface area contributed by atoms with E-state index in [1.807, 2.05) is 48.2 Å². The van der Waals surface area contributed by atoms with Gasteiger partial charge in [0.15, 0.2) is 0 Å². The summed E-state index contributed by atoms with van der Waals surface area (Å²) in [5.41, 5.74) is 3.35. The molecule has 2 nitrogen and oxygen atoms in total. The molecule has 0 spiro atoms. The lowest BCUT2D eigenvalue weighted by atomic mass is 10.2. The number of benzene rings is 2.